The summed E-state index contributed by atoms with van der Waals surface area (Å²) in [6, 6.07) is 10.7. The highest BCUT2D eigenvalue weighted by molar-refractivity contribution is 7.99. The maximum atomic E-state index is 14.5. The van der Waals surface area contributed by atoms with Gasteiger partial charge in [-0.15, -0.1) is 10.2 Å². The number of hydrogen-bond donors (Lipinski definition) is 0. The minimum Gasteiger partial charge on any atom is -0.366 e. The molecule has 1 aromatic heterocycles. The van der Waals surface area contributed by atoms with Gasteiger partial charge in [0, 0.05) is 37.4 Å². The van der Waals surface area contributed by atoms with E-state index >= 15 is 0 Å². The summed E-state index contributed by atoms with van der Waals surface area (Å²) >= 11 is 1.36. The molecule has 0 saturated carbocycles. The van der Waals surface area contributed by atoms with Crippen molar-refractivity contribution >= 4 is 29.1 Å². The van der Waals surface area contributed by atoms with E-state index in [1.54, 1.807) is 23.4 Å². The predicted molar refractivity (Wildman–Crippen MR) is 127 cm³/mol. The van der Waals surface area contributed by atoms with E-state index in [9.17, 15) is 14.0 Å². The van der Waals surface area contributed by atoms with Crippen LogP contribution in [0, 0.1) is 19.7 Å². The SMILES string of the molecule is CC(=O)c1ccc(N2CCN(C(=O)CSc3nncn3-c3ccc(C)c(C)c3)CC2)c(F)c1. The van der Waals surface area contributed by atoms with E-state index in [4.69, 9.17) is 0 Å². The van der Waals surface area contributed by atoms with Crippen LogP contribution in [0.4, 0.5) is 10.1 Å². The van der Waals surface area contributed by atoms with E-state index in [0.29, 0.717) is 42.6 Å². The highest BCUT2D eigenvalue weighted by Crippen LogP contribution is 2.24. The summed E-state index contributed by atoms with van der Waals surface area (Å²) < 4.78 is 16.3. The Labute approximate surface area is 196 Å². The van der Waals surface area contributed by atoms with Gasteiger partial charge in [-0.1, -0.05) is 17.8 Å². The van der Waals surface area contributed by atoms with Crippen LogP contribution in [0.5, 0.6) is 0 Å². The van der Waals surface area contributed by atoms with Gasteiger partial charge in [0.1, 0.15) is 12.1 Å². The molecule has 1 amide bonds. The monoisotopic (exact) mass is 467 g/mol. The summed E-state index contributed by atoms with van der Waals surface area (Å²) in [7, 11) is 0. The standard InChI is InChI=1S/C24H26FN5O2S/c1-16-4-6-20(12-17(16)2)30-15-26-27-24(30)33-14-23(32)29-10-8-28(9-11-29)22-7-5-19(18(3)31)13-21(22)25/h4-7,12-13,15H,8-11,14H2,1-3H3. The Morgan fingerprint density at radius 3 is 2.45 bits per heavy atom. The van der Waals surface area contributed by atoms with E-state index in [0.717, 1.165) is 5.69 Å². The molecule has 0 atom stereocenters. The molecule has 1 fully saturated rings. The number of carbonyl (C=O) groups is 2. The molecule has 4 rings (SSSR count). The van der Waals surface area contributed by atoms with Crippen molar-refractivity contribution in [3.63, 3.8) is 0 Å². The maximum absolute atomic E-state index is 14.5. The van der Waals surface area contributed by atoms with Gasteiger partial charge in [-0.2, -0.15) is 0 Å². The first kappa shape index (κ1) is 23.0. The van der Waals surface area contributed by atoms with Gasteiger partial charge in [-0.05, 0) is 62.2 Å². The molecule has 2 heterocycles. The molecule has 0 bridgehead atoms. The maximum Gasteiger partial charge on any atom is 0.233 e. The number of nitrogens with zero attached hydrogens (tertiary/aromatic N) is 5. The third-order valence-corrected chi connectivity index (χ3v) is 6.86. The molecule has 0 N–H and O–H groups in total. The Bertz CT molecular complexity index is 1190. The number of benzene rings is 2. The van der Waals surface area contributed by atoms with Gasteiger partial charge in [0.25, 0.3) is 0 Å². The number of hydrogen-bond acceptors (Lipinski definition) is 6. The lowest BCUT2D eigenvalue weighted by Crippen LogP contribution is -2.49. The molecule has 1 aliphatic heterocycles. The fourth-order valence-corrected chi connectivity index (χ4v) is 4.60. The highest BCUT2D eigenvalue weighted by atomic mass is 32.2. The van der Waals surface area contributed by atoms with E-state index in [1.165, 1.54) is 35.9 Å². The molecule has 0 aliphatic carbocycles. The largest absolute Gasteiger partial charge is 0.366 e. The predicted octanol–water partition coefficient (Wildman–Crippen LogP) is 3.67. The summed E-state index contributed by atoms with van der Waals surface area (Å²) in [4.78, 5) is 27.9. The van der Waals surface area contributed by atoms with Gasteiger partial charge in [-0.25, -0.2) is 4.39 Å². The first-order chi connectivity index (χ1) is 15.8. The molecule has 172 valence electrons. The first-order valence-electron chi connectivity index (χ1n) is 10.8. The van der Waals surface area contributed by atoms with Crippen LogP contribution >= 0.6 is 11.8 Å². The Balaban J connectivity index is 1.34. The van der Waals surface area contributed by atoms with E-state index < -0.39 is 5.82 Å². The zero-order valence-electron chi connectivity index (χ0n) is 18.9. The van der Waals surface area contributed by atoms with Crippen molar-refractivity contribution in [2.24, 2.45) is 0 Å². The molecule has 33 heavy (non-hydrogen) atoms. The van der Waals surface area contributed by atoms with Crippen LogP contribution in [0.2, 0.25) is 0 Å². The van der Waals surface area contributed by atoms with E-state index in [2.05, 4.69) is 36.2 Å². The van der Waals surface area contributed by atoms with Gasteiger partial charge < -0.3 is 9.80 Å². The number of rotatable bonds is 6. The number of carbonyl (C=O) groups excluding carboxylic acids is 2. The smallest absolute Gasteiger partial charge is 0.233 e. The van der Waals surface area contributed by atoms with Gasteiger partial charge in [0.15, 0.2) is 10.9 Å². The Hall–Kier alpha value is -3.20. The zero-order chi connectivity index (χ0) is 23.5. The van der Waals surface area contributed by atoms with E-state index in [-0.39, 0.29) is 17.4 Å². The van der Waals surface area contributed by atoms with Crippen molar-refractivity contribution in [2.45, 2.75) is 25.9 Å². The number of thioether (sulfide) groups is 1. The summed E-state index contributed by atoms with van der Waals surface area (Å²) in [5.41, 5.74) is 4.17. The van der Waals surface area contributed by atoms with E-state index in [1.807, 2.05) is 15.5 Å². The van der Waals surface area contributed by atoms with Gasteiger partial charge >= 0.3 is 0 Å². The molecule has 1 aliphatic rings. The molecule has 7 nitrogen and oxygen atoms in total. The number of amides is 1. The van der Waals surface area contributed by atoms with Crippen LogP contribution in [0.15, 0.2) is 47.9 Å². The van der Waals surface area contributed by atoms with Crippen molar-refractivity contribution in [1.82, 2.24) is 19.7 Å². The number of anilines is 1. The number of ketones is 1. The Morgan fingerprint density at radius 1 is 1.03 bits per heavy atom. The normalized spacial score (nSPS) is 13.9. The molecule has 0 spiro atoms. The second-order valence-corrected chi connectivity index (χ2v) is 9.07. The van der Waals surface area contributed by atoms with Crippen LogP contribution in [0.1, 0.15) is 28.4 Å². The fourth-order valence-electron chi connectivity index (χ4n) is 3.77. The van der Waals surface area contributed by atoms with Crippen molar-refractivity contribution in [3.8, 4) is 5.69 Å². The third kappa shape index (κ3) is 5.08. The van der Waals surface area contributed by atoms with Crippen LogP contribution in [-0.4, -0.2) is 63.3 Å². The number of piperazine rings is 1. The van der Waals surface area contributed by atoms with Crippen LogP contribution in [-0.2, 0) is 4.79 Å². The molecular weight excluding hydrogens is 441 g/mol. The van der Waals surface area contributed by atoms with Crippen molar-refractivity contribution in [3.05, 3.63) is 65.2 Å². The molecule has 2 aromatic carbocycles. The quantitative estimate of drug-likeness (QED) is 0.407. The number of Topliss-reactive ketones (excluding diaryl/α,β-unsaturated/α-hetero) is 1. The Kier molecular flexibility index (Phi) is 6.78. The van der Waals surface area contributed by atoms with Gasteiger partial charge in [0.05, 0.1) is 11.4 Å². The second kappa shape index (κ2) is 9.74. The van der Waals surface area contributed by atoms with Crippen molar-refractivity contribution in [2.75, 3.05) is 36.8 Å². The molecule has 1 saturated heterocycles. The number of aromatic nitrogens is 3. The average molecular weight is 468 g/mol. The summed E-state index contributed by atoms with van der Waals surface area (Å²) in [5, 5.41) is 8.85. The minimum absolute atomic E-state index is 0.0155. The van der Waals surface area contributed by atoms with Crippen molar-refractivity contribution in [1.29, 1.82) is 0 Å². The Morgan fingerprint density at radius 2 is 1.79 bits per heavy atom. The molecule has 9 heteroatoms. The van der Waals surface area contributed by atoms with Gasteiger partial charge in [-0.3, -0.25) is 14.2 Å². The topological polar surface area (TPSA) is 71.3 Å². The first-order valence-corrected chi connectivity index (χ1v) is 11.8. The second-order valence-electron chi connectivity index (χ2n) is 8.13. The fraction of sp³-hybridized carbons (Fsp3) is 0.333. The average Bonchev–Trinajstić information content (AvgIpc) is 3.28. The zero-order valence-corrected chi connectivity index (χ0v) is 19.7. The molecular formula is C24H26FN5O2S. The van der Waals surface area contributed by atoms with Crippen LogP contribution in [0.3, 0.4) is 0 Å². The lowest BCUT2D eigenvalue weighted by Gasteiger charge is -2.36. The molecule has 0 radical (unpaired) electrons. The van der Waals surface area contributed by atoms with Crippen molar-refractivity contribution < 1.29 is 14.0 Å². The van der Waals surface area contributed by atoms with Crippen LogP contribution < -0.4 is 4.90 Å². The summed E-state index contributed by atoms with van der Waals surface area (Å²) in [6.07, 6.45) is 1.65. The lowest BCUT2D eigenvalue weighted by molar-refractivity contribution is -0.128. The summed E-state index contributed by atoms with van der Waals surface area (Å²) in [6.45, 7) is 7.63. The third-order valence-electron chi connectivity index (χ3n) is 5.94. The lowest BCUT2D eigenvalue weighted by atomic mass is 10.1. The number of aryl methyl sites for hydroxylation is 2. The minimum atomic E-state index is -0.413. The molecule has 3 aromatic rings. The molecule has 0 unspecified atom stereocenters. The van der Waals surface area contributed by atoms with Gasteiger partial charge in [0.2, 0.25) is 5.91 Å². The summed E-state index contributed by atoms with van der Waals surface area (Å²) in [5.74, 6) is -0.308. The highest BCUT2D eigenvalue weighted by Gasteiger charge is 2.24. The van der Waals surface area contributed by atoms with Crippen LogP contribution in [0.25, 0.3) is 5.69 Å². The number of halogens is 1.